The summed E-state index contributed by atoms with van der Waals surface area (Å²) in [5.41, 5.74) is 3.44. The SMILES string of the molecule is Oc1cccc2c1CCC(C1=NCCN1)=C2. The molecule has 16 heavy (non-hydrogen) atoms. The second-order valence-electron chi connectivity index (χ2n) is 4.17. The largest absolute Gasteiger partial charge is 0.508 e. The summed E-state index contributed by atoms with van der Waals surface area (Å²) in [5, 5.41) is 13.0. The third-order valence-corrected chi connectivity index (χ3v) is 3.14. The number of phenols is 1. The van der Waals surface area contributed by atoms with Crippen molar-refractivity contribution in [2.24, 2.45) is 4.99 Å². The minimum absolute atomic E-state index is 0.411. The van der Waals surface area contributed by atoms with Crippen LogP contribution in [0.3, 0.4) is 0 Å². The molecule has 3 nitrogen and oxygen atoms in total. The van der Waals surface area contributed by atoms with Gasteiger partial charge in [-0.1, -0.05) is 12.1 Å². The number of hydrogen-bond donors (Lipinski definition) is 2. The molecule has 0 saturated carbocycles. The first-order valence-corrected chi connectivity index (χ1v) is 5.65. The first-order valence-electron chi connectivity index (χ1n) is 5.65. The highest BCUT2D eigenvalue weighted by atomic mass is 16.3. The van der Waals surface area contributed by atoms with Gasteiger partial charge in [-0.2, -0.15) is 0 Å². The molecule has 2 aliphatic rings. The molecule has 2 N–H and O–H groups in total. The Hall–Kier alpha value is -1.77. The fraction of sp³-hybridized carbons (Fsp3) is 0.308. The standard InChI is InChI=1S/C13H14N2O/c16-12-3-1-2-9-8-10(4-5-11(9)12)13-14-6-7-15-13/h1-3,8,16H,4-7H2,(H,14,15). The third kappa shape index (κ3) is 1.48. The van der Waals surface area contributed by atoms with Crippen molar-refractivity contribution in [3.05, 3.63) is 34.9 Å². The molecular formula is C13H14N2O. The molecule has 1 aliphatic heterocycles. The van der Waals surface area contributed by atoms with Gasteiger partial charge in [0.1, 0.15) is 11.6 Å². The van der Waals surface area contributed by atoms with Crippen molar-refractivity contribution in [1.29, 1.82) is 0 Å². The van der Waals surface area contributed by atoms with Crippen LogP contribution in [0.4, 0.5) is 0 Å². The summed E-state index contributed by atoms with van der Waals surface area (Å²) in [5.74, 6) is 1.45. The van der Waals surface area contributed by atoms with Gasteiger partial charge in [-0.15, -0.1) is 0 Å². The molecule has 0 fully saturated rings. The van der Waals surface area contributed by atoms with Crippen molar-refractivity contribution in [3.8, 4) is 5.75 Å². The van der Waals surface area contributed by atoms with Crippen LogP contribution >= 0.6 is 0 Å². The highest BCUT2D eigenvalue weighted by Gasteiger charge is 2.18. The second-order valence-corrected chi connectivity index (χ2v) is 4.17. The van der Waals surface area contributed by atoms with E-state index < -0.39 is 0 Å². The van der Waals surface area contributed by atoms with Crippen molar-refractivity contribution in [2.75, 3.05) is 13.1 Å². The van der Waals surface area contributed by atoms with Crippen LogP contribution in [-0.4, -0.2) is 24.0 Å². The predicted octanol–water partition coefficient (Wildman–Crippen LogP) is 1.72. The zero-order valence-electron chi connectivity index (χ0n) is 9.03. The zero-order valence-corrected chi connectivity index (χ0v) is 9.03. The molecule has 0 aromatic heterocycles. The van der Waals surface area contributed by atoms with E-state index in [1.54, 1.807) is 6.07 Å². The van der Waals surface area contributed by atoms with Gasteiger partial charge in [-0.05, 0) is 36.1 Å². The van der Waals surface area contributed by atoms with Gasteiger partial charge in [0.25, 0.3) is 0 Å². The molecule has 0 bridgehead atoms. The van der Waals surface area contributed by atoms with Gasteiger partial charge in [0.15, 0.2) is 0 Å². The van der Waals surface area contributed by atoms with Gasteiger partial charge in [0.2, 0.25) is 0 Å². The van der Waals surface area contributed by atoms with E-state index >= 15 is 0 Å². The van der Waals surface area contributed by atoms with Gasteiger partial charge in [0.05, 0.1) is 6.54 Å². The number of hydrogen-bond acceptors (Lipinski definition) is 3. The van der Waals surface area contributed by atoms with Gasteiger partial charge in [-0.3, -0.25) is 4.99 Å². The van der Waals surface area contributed by atoms with E-state index in [-0.39, 0.29) is 0 Å². The maximum atomic E-state index is 9.73. The summed E-state index contributed by atoms with van der Waals surface area (Å²) in [7, 11) is 0. The average molecular weight is 214 g/mol. The average Bonchev–Trinajstić information content (AvgIpc) is 2.82. The van der Waals surface area contributed by atoms with E-state index in [1.807, 2.05) is 12.1 Å². The molecular weight excluding hydrogens is 200 g/mol. The molecule has 1 heterocycles. The van der Waals surface area contributed by atoms with Crippen LogP contribution in [-0.2, 0) is 6.42 Å². The summed E-state index contributed by atoms with van der Waals surface area (Å²) in [6, 6.07) is 5.68. The summed E-state index contributed by atoms with van der Waals surface area (Å²) in [6.45, 7) is 1.82. The van der Waals surface area contributed by atoms with Crippen LogP contribution in [0.5, 0.6) is 5.75 Å². The lowest BCUT2D eigenvalue weighted by Crippen LogP contribution is -2.22. The number of fused-ring (bicyclic) bond motifs is 1. The lowest BCUT2D eigenvalue weighted by Gasteiger charge is -2.17. The van der Waals surface area contributed by atoms with Crippen molar-refractivity contribution >= 4 is 11.9 Å². The third-order valence-electron chi connectivity index (χ3n) is 3.14. The monoisotopic (exact) mass is 214 g/mol. The molecule has 3 rings (SSSR count). The zero-order chi connectivity index (χ0) is 11.0. The van der Waals surface area contributed by atoms with Crippen molar-refractivity contribution in [1.82, 2.24) is 5.32 Å². The fourth-order valence-corrected chi connectivity index (χ4v) is 2.32. The van der Waals surface area contributed by atoms with E-state index in [4.69, 9.17) is 0 Å². The number of nitrogens with zero attached hydrogens (tertiary/aromatic N) is 1. The van der Waals surface area contributed by atoms with Gasteiger partial charge in [0, 0.05) is 12.1 Å². The number of aliphatic imine (C=N–C) groups is 1. The van der Waals surface area contributed by atoms with Crippen molar-refractivity contribution in [3.63, 3.8) is 0 Å². The highest BCUT2D eigenvalue weighted by molar-refractivity contribution is 6.03. The molecule has 1 aromatic rings. The number of amidine groups is 1. The predicted molar refractivity (Wildman–Crippen MR) is 64.7 cm³/mol. The number of rotatable bonds is 1. The second kappa shape index (κ2) is 3.67. The molecule has 0 atom stereocenters. The Morgan fingerprint density at radius 3 is 3.00 bits per heavy atom. The first-order chi connectivity index (χ1) is 7.84. The summed E-state index contributed by atoms with van der Waals surface area (Å²) in [6.07, 6.45) is 3.99. The maximum absolute atomic E-state index is 9.73. The van der Waals surface area contributed by atoms with Crippen LogP contribution in [0.1, 0.15) is 17.5 Å². The van der Waals surface area contributed by atoms with Crippen LogP contribution < -0.4 is 5.32 Å². The van der Waals surface area contributed by atoms with Crippen molar-refractivity contribution in [2.45, 2.75) is 12.8 Å². The van der Waals surface area contributed by atoms with Crippen molar-refractivity contribution < 1.29 is 5.11 Å². The summed E-state index contributed by atoms with van der Waals surface area (Å²) < 4.78 is 0. The number of benzene rings is 1. The Balaban J connectivity index is 2.01. The molecule has 82 valence electrons. The molecule has 0 radical (unpaired) electrons. The highest BCUT2D eigenvalue weighted by Crippen LogP contribution is 2.30. The van der Waals surface area contributed by atoms with Crippen LogP contribution in [0.25, 0.3) is 6.08 Å². The van der Waals surface area contributed by atoms with Crippen LogP contribution in [0.15, 0.2) is 28.8 Å². The smallest absolute Gasteiger partial charge is 0.124 e. The van der Waals surface area contributed by atoms with E-state index in [1.165, 1.54) is 5.57 Å². The number of nitrogens with one attached hydrogen (secondary N) is 1. The Kier molecular flexibility index (Phi) is 2.17. The van der Waals surface area contributed by atoms with E-state index in [0.717, 1.165) is 42.9 Å². The Morgan fingerprint density at radius 2 is 2.19 bits per heavy atom. The Bertz CT molecular complexity index is 489. The normalized spacial score (nSPS) is 18.5. The summed E-state index contributed by atoms with van der Waals surface area (Å²) >= 11 is 0. The van der Waals surface area contributed by atoms with E-state index in [9.17, 15) is 5.11 Å². The summed E-state index contributed by atoms with van der Waals surface area (Å²) in [4.78, 5) is 4.43. The molecule has 0 saturated heterocycles. The lowest BCUT2D eigenvalue weighted by molar-refractivity contribution is 0.467. The number of phenolic OH excluding ortho intramolecular Hbond substituents is 1. The Labute approximate surface area is 94.5 Å². The molecule has 3 heteroatoms. The quantitative estimate of drug-likeness (QED) is 0.747. The lowest BCUT2D eigenvalue weighted by atomic mass is 9.91. The topological polar surface area (TPSA) is 44.6 Å². The fourth-order valence-electron chi connectivity index (χ4n) is 2.32. The molecule has 0 spiro atoms. The molecule has 0 amide bonds. The minimum atomic E-state index is 0.411. The Morgan fingerprint density at radius 1 is 1.25 bits per heavy atom. The van der Waals surface area contributed by atoms with Gasteiger partial charge in [-0.25, -0.2) is 0 Å². The van der Waals surface area contributed by atoms with Gasteiger partial charge < -0.3 is 10.4 Å². The van der Waals surface area contributed by atoms with E-state index in [0.29, 0.717) is 5.75 Å². The van der Waals surface area contributed by atoms with Crippen LogP contribution in [0, 0.1) is 0 Å². The van der Waals surface area contributed by atoms with E-state index in [2.05, 4.69) is 16.4 Å². The van der Waals surface area contributed by atoms with Gasteiger partial charge >= 0.3 is 0 Å². The molecule has 1 aliphatic carbocycles. The number of aromatic hydroxyl groups is 1. The molecule has 1 aromatic carbocycles. The van der Waals surface area contributed by atoms with Crippen LogP contribution in [0.2, 0.25) is 0 Å². The maximum Gasteiger partial charge on any atom is 0.124 e. The first kappa shape index (κ1) is 9.46. The minimum Gasteiger partial charge on any atom is -0.508 e. The molecule has 0 unspecified atom stereocenters.